The SMILES string of the molecule is O=C1OCCN1c1ccc(SN2CCC3(CCN(Cc4cc(F)ccc4F)CC3)C2)cn1. The number of amides is 1. The Balaban J connectivity index is 1.13. The molecule has 0 saturated carbocycles. The summed E-state index contributed by atoms with van der Waals surface area (Å²) in [7, 11) is 0. The second-order valence-corrected chi connectivity index (χ2v) is 10.0. The van der Waals surface area contributed by atoms with E-state index in [1.807, 2.05) is 18.3 Å². The van der Waals surface area contributed by atoms with Crippen LogP contribution in [0.25, 0.3) is 0 Å². The van der Waals surface area contributed by atoms with Crippen molar-refractivity contribution in [3.8, 4) is 0 Å². The summed E-state index contributed by atoms with van der Waals surface area (Å²) in [6.45, 7) is 5.23. The Morgan fingerprint density at radius 2 is 1.88 bits per heavy atom. The molecule has 3 fully saturated rings. The van der Waals surface area contributed by atoms with E-state index in [0.29, 0.717) is 31.1 Å². The zero-order valence-corrected chi connectivity index (χ0v) is 18.6. The van der Waals surface area contributed by atoms with Crippen molar-refractivity contribution >= 4 is 23.9 Å². The van der Waals surface area contributed by atoms with E-state index in [1.165, 1.54) is 12.1 Å². The number of aromatic nitrogens is 1. The lowest BCUT2D eigenvalue weighted by atomic mass is 9.78. The Bertz CT molecular complexity index is 982. The van der Waals surface area contributed by atoms with Crippen molar-refractivity contribution in [2.24, 2.45) is 5.41 Å². The topological polar surface area (TPSA) is 48.9 Å². The number of piperidine rings is 1. The minimum absolute atomic E-state index is 0.288. The number of halogens is 2. The van der Waals surface area contributed by atoms with Gasteiger partial charge in [0.2, 0.25) is 0 Å². The van der Waals surface area contributed by atoms with Gasteiger partial charge in [0.15, 0.2) is 0 Å². The Hall–Kier alpha value is -2.23. The van der Waals surface area contributed by atoms with Crippen molar-refractivity contribution in [3.63, 3.8) is 0 Å². The first-order valence-corrected chi connectivity index (χ1v) is 11.8. The van der Waals surface area contributed by atoms with E-state index in [-0.39, 0.29) is 23.1 Å². The van der Waals surface area contributed by atoms with Crippen molar-refractivity contribution in [2.45, 2.75) is 30.7 Å². The molecule has 0 N–H and O–H groups in total. The summed E-state index contributed by atoms with van der Waals surface area (Å²) < 4.78 is 34.8. The summed E-state index contributed by atoms with van der Waals surface area (Å²) in [6, 6.07) is 7.54. The van der Waals surface area contributed by atoms with Crippen molar-refractivity contribution < 1.29 is 18.3 Å². The molecule has 3 saturated heterocycles. The number of rotatable bonds is 5. The van der Waals surface area contributed by atoms with E-state index >= 15 is 0 Å². The maximum absolute atomic E-state index is 14.0. The van der Waals surface area contributed by atoms with Gasteiger partial charge in [-0.2, -0.15) is 0 Å². The van der Waals surface area contributed by atoms with E-state index in [4.69, 9.17) is 4.74 Å². The average molecular weight is 461 g/mol. The molecule has 0 radical (unpaired) electrons. The van der Waals surface area contributed by atoms with E-state index in [0.717, 1.165) is 56.4 Å². The first kappa shape index (κ1) is 21.6. The fourth-order valence-corrected chi connectivity index (χ4v) is 5.86. The zero-order chi connectivity index (χ0) is 22.1. The van der Waals surface area contributed by atoms with Crippen molar-refractivity contribution in [1.82, 2.24) is 14.2 Å². The van der Waals surface area contributed by atoms with Gasteiger partial charge in [0.25, 0.3) is 0 Å². The number of carbonyl (C=O) groups excluding carboxylic acids is 1. The molecule has 1 aromatic heterocycles. The van der Waals surface area contributed by atoms with Crippen LogP contribution >= 0.6 is 11.9 Å². The molecule has 3 aliphatic rings. The minimum atomic E-state index is -0.388. The molecule has 1 spiro atoms. The summed E-state index contributed by atoms with van der Waals surface area (Å²) in [6.07, 6.45) is 4.75. The largest absolute Gasteiger partial charge is 0.447 e. The second-order valence-electron chi connectivity index (χ2n) is 8.83. The number of ether oxygens (including phenoxy) is 1. The molecular weight excluding hydrogens is 434 g/mol. The van der Waals surface area contributed by atoms with Crippen LogP contribution in [0.15, 0.2) is 41.4 Å². The van der Waals surface area contributed by atoms with Crippen LogP contribution in [0.5, 0.6) is 0 Å². The van der Waals surface area contributed by atoms with Crippen LogP contribution in [0.3, 0.4) is 0 Å². The number of carbonyl (C=O) groups is 1. The second kappa shape index (κ2) is 8.96. The Morgan fingerprint density at radius 3 is 2.59 bits per heavy atom. The van der Waals surface area contributed by atoms with E-state index < -0.39 is 0 Å². The van der Waals surface area contributed by atoms with Gasteiger partial charge in [-0.15, -0.1) is 0 Å². The number of pyridine rings is 1. The molecule has 0 bridgehead atoms. The van der Waals surface area contributed by atoms with Gasteiger partial charge in [0.1, 0.15) is 24.1 Å². The highest BCUT2D eigenvalue weighted by molar-refractivity contribution is 7.97. The van der Waals surface area contributed by atoms with Gasteiger partial charge in [0.05, 0.1) is 6.54 Å². The van der Waals surface area contributed by atoms with Crippen molar-refractivity contribution in [1.29, 1.82) is 0 Å². The number of cyclic esters (lactones) is 1. The summed E-state index contributed by atoms with van der Waals surface area (Å²) in [5.74, 6) is -0.102. The van der Waals surface area contributed by atoms with Gasteiger partial charge < -0.3 is 4.74 Å². The molecule has 0 atom stereocenters. The summed E-state index contributed by atoms with van der Waals surface area (Å²) in [5.41, 5.74) is 0.721. The van der Waals surface area contributed by atoms with E-state index in [9.17, 15) is 13.6 Å². The van der Waals surface area contributed by atoms with Gasteiger partial charge in [-0.25, -0.2) is 22.9 Å². The highest BCUT2D eigenvalue weighted by Crippen LogP contribution is 2.44. The Morgan fingerprint density at radius 1 is 1.06 bits per heavy atom. The molecule has 1 amide bonds. The Labute approximate surface area is 190 Å². The zero-order valence-electron chi connectivity index (χ0n) is 17.8. The molecule has 0 aliphatic carbocycles. The van der Waals surface area contributed by atoms with E-state index in [1.54, 1.807) is 16.8 Å². The third kappa shape index (κ3) is 4.60. The van der Waals surface area contributed by atoms with Crippen LogP contribution in [-0.4, -0.2) is 59.6 Å². The molecule has 6 nitrogen and oxygen atoms in total. The summed E-state index contributed by atoms with van der Waals surface area (Å²) in [5, 5.41) is 0. The third-order valence-electron chi connectivity index (χ3n) is 6.71. The lowest BCUT2D eigenvalue weighted by molar-refractivity contribution is 0.109. The molecular formula is C23H26F2N4O2S. The number of anilines is 1. The maximum Gasteiger partial charge on any atom is 0.415 e. The predicted molar refractivity (Wildman–Crippen MR) is 118 cm³/mol. The maximum atomic E-state index is 14.0. The van der Waals surface area contributed by atoms with Gasteiger partial charge in [-0.1, -0.05) is 0 Å². The number of hydrogen-bond acceptors (Lipinski definition) is 6. The fourth-order valence-electron chi connectivity index (χ4n) is 4.81. The lowest BCUT2D eigenvalue weighted by Gasteiger charge is -2.39. The average Bonchev–Trinajstić information content (AvgIpc) is 3.39. The Kier molecular flexibility index (Phi) is 6.05. The molecule has 32 heavy (non-hydrogen) atoms. The van der Waals surface area contributed by atoms with Crippen LogP contribution in [0, 0.1) is 17.0 Å². The van der Waals surface area contributed by atoms with Crippen molar-refractivity contribution in [3.05, 3.63) is 53.7 Å². The minimum Gasteiger partial charge on any atom is -0.447 e. The van der Waals surface area contributed by atoms with E-state index in [2.05, 4.69) is 14.2 Å². The number of nitrogens with zero attached hydrogens (tertiary/aromatic N) is 4. The highest BCUT2D eigenvalue weighted by Gasteiger charge is 2.41. The smallest absolute Gasteiger partial charge is 0.415 e. The summed E-state index contributed by atoms with van der Waals surface area (Å²) in [4.78, 5) is 20.9. The standard InChI is InChI=1S/C23H26F2N4O2S/c24-18-1-3-20(25)17(13-18)15-27-8-5-23(6-9-27)7-10-28(16-23)32-19-2-4-21(26-14-19)29-11-12-31-22(29)30/h1-4,13-14H,5-12,15-16H2. The third-order valence-corrected chi connectivity index (χ3v) is 7.74. The number of hydrogen-bond donors (Lipinski definition) is 0. The van der Waals surface area contributed by atoms with Gasteiger partial charge in [-0.3, -0.25) is 9.80 Å². The molecule has 9 heteroatoms. The first-order chi connectivity index (χ1) is 15.5. The monoisotopic (exact) mass is 460 g/mol. The molecule has 3 aliphatic heterocycles. The molecule has 2 aromatic rings. The van der Waals surface area contributed by atoms with Crippen LogP contribution in [0.2, 0.25) is 0 Å². The molecule has 0 unspecified atom stereocenters. The molecule has 4 heterocycles. The van der Waals surface area contributed by atoms with Crippen LogP contribution in [0.1, 0.15) is 24.8 Å². The van der Waals surface area contributed by atoms with Gasteiger partial charge >= 0.3 is 6.09 Å². The first-order valence-electron chi connectivity index (χ1n) is 11.0. The van der Waals surface area contributed by atoms with Crippen molar-refractivity contribution in [2.75, 3.05) is 44.2 Å². The molecule has 170 valence electrons. The summed E-state index contributed by atoms with van der Waals surface area (Å²) >= 11 is 1.71. The predicted octanol–water partition coefficient (Wildman–Crippen LogP) is 4.31. The normalized spacial score (nSPS) is 21.4. The number of benzene rings is 1. The highest BCUT2D eigenvalue weighted by atomic mass is 32.2. The fraction of sp³-hybridized carbons (Fsp3) is 0.478. The molecule has 5 rings (SSSR count). The van der Waals surface area contributed by atoms with Crippen LogP contribution in [-0.2, 0) is 11.3 Å². The molecule has 1 aromatic carbocycles. The number of likely N-dealkylation sites (tertiary alicyclic amines) is 1. The van der Waals surface area contributed by atoms with Gasteiger partial charge in [0, 0.05) is 36.3 Å². The lowest BCUT2D eigenvalue weighted by Crippen LogP contribution is -2.40. The quantitative estimate of drug-likeness (QED) is 0.620. The van der Waals surface area contributed by atoms with Crippen LogP contribution in [0.4, 0.5) is 19.4 Å². The van der Waals surface area contributed by atoms with Gasteiger partial charge in [-0.05, 0) is 80.0 Å². The van der Waals surface area contributed by atoms with Crippen LogP contribution < -0.4 is 4.90 Å².